The largest absolute Gasteiger partial charge is 0.467 e. The zero-order chi connectivity index (χ0) is 17.6. The molecule has 2 amide bonds. The van der Waals surface area contributed by atoms with E-state index in [4.69, 9.17) is 4.42 Å². The van der Waals surface area contributed by atoms with Gasteiger partial charge >= 0.3 is 0 Å². The average molecular weight is 355 g/mol. The van der Waals surface area contributed by atoms with Crippen LogP contribution in [0.4, 0.5) is 0 Å². The Labute approximate surface area is 148 Å². The standard InChI is InChI=1S/C18H17N3O3S/c1-12-4-6-13(7-5-12)18-21-15(11-25-18)17(23)20-10-16(22)19-9-14-3-2-8-24-14/h2-8,11H,9-10H2,1H3,(H,19,22)(H,20,23). The van der Waals surface area contributed by atoms with Gasteiger partial charge in [-0.2, -0.15) is 0 Å². The summed E-state index contributed by atoms with van der Waals surface area (Å²) < 4.78 is 5.12. The van der Waals surface area contributed by atoms with Gasteiger partial charge in [0.25, 0.3) is 5.91 Å². The highest BCUT2D eigenvalue weighted by Gasteiger charge is 2.13. The van der Waals surface area contributed by atoms with Gasteiger partial charge < -0.3 is 15.1 Å². The van der Waals surface area contributed by atoms with Crippen LogP contribution in [0.1, 0.15) is 21.8 Å². The molecule has 0 unspecified atom stereocenters. The molecule has 2 heterocycles. The fourth-order valence-electron chi connectivity index (χ4n) is 2.12. The Morgan fingerprint density at radius 1 is 1.16 bits per heavy atom. The predicted octanol–water partition coefficient (Wildman–Crippen LogP) is 2.76. The third-order valence-corrected chi connectivity index (χ3v) is 4.38. The molecule has 3 aromatic rings. The Hall–Kier alpha value is -2.93. The Kier molecular flexibility index (Phi) is 5.25. The first-order valence-electron chi connectivity index (χ1n) is 7.71. The minimum atomic E-state index is -0.372. The van der Waals surface area contributed by atoms with Crippen LogP contribution in [0, 0.1) is 6.92 Å². The van der Waals surface area contributed by atoms with E-state index in [1.807, 2.05) is 31.2 Å². The molecule has 0 radical (unpaired) electrons. The van der Waals surface area contributed by atoms with E-state index < -0.39 is 0 Å². The van der Waals surface area contributed by atoms with E-state index in [1.54, 1.807) is 17.5 Å². The first-order chi connectivity index (χ1) is 12.1. The first-order valence-corrected chi connectivity index (χ1v) is 8.59. The van der Waals surface area contributed by atoms with Gasteiger partial charge in [0.2, 0.25) is 5.91 Å². The van der Waals surface area contributed by atoms with E-state index in [1.165, 1.54) is 23.2 Å². The van der Waals surface area contributed by atoms with Crippen LogP contribution in [-0.2, 0) is 11.3 Å². The number of amides is 2. The third-order valence-electron chi connectivity index (χ3n) is 3.48. The van der Waals surface area contributed by atoms with E-state index in [9.17, 15) is 9.59 Å². The van der Waals surface area contributed by atoms with Crippen molar-refractivity contribution in [1.29, 1.82) is 0 Å². The average Bonchev–Trinajstić information content (AvgIpc) is 3.30. The van der Waals surface area contributed by atoms with Gasteiger partial charge in [-0.1, -0.05) is 29.8 Å². The monoisotopic (exact) mass is 355 g/mol. The molecule has 3 rings (SSSR count). The molecule has 2 N–H and O–H groups in total. The molecule has 0 atom stereocenters. The number of nitrogens with one attached hydrogen (secondary N) is 2. The van der Waals surface area contributed by atoms with Gasteiger partial charge in [0.15, 0.2) is 0 Å². The lowest BCUT2D eigenvalue weighted by molar-refractivity contribution is -0.120. The molecule has 0 aliphatic carbocycles. The molecule has 0 bridgehead atoms. The van der Waals surface area contributed by atoms with Gasteiger partial charge in [-0.3, -0.25) is 9.59 Å². The quantitative estimate of drug-likeness (QED) is 0.712. The maximum atomic E-state index is 12.1. The summed E-state index contributed by atoms with van der Waals surface area (Å²) in [6.07, 6.45) is 1.54. The maximum absolute atomic E-state index is 12.1. The molecule has 25 heavy (non-hydrogen) atoms. The van der Waals surface area contributed by atoms with E-state index in [2.05, 4.69) is 15.6 Å². The van der Waals surface area contributed by atoms with Crippen molar-refractivity contribution in [2.75, 3.05) is 6.54 Å². The molecule has 0 saturated carbocycles. The van der Waals surface area contributed by atoms with Crippen LogP contribution >= 0.6 is 11.3 Å². The second-order valence-corrected chi connectivity index (χ2v) is 6.30. The molecule has 0 spiro atoms. The number of aromatic nitrogens is 1. The van der Waals surface area contributed by atoms with E-state index >= 15 is 0 Å². The van der Waals surface area contributed by atoms with Gasteiger partial charge in [0.1, 0.15) is 16.5 Å². The number of benzene rings is 1. The zero-order valence-electron chi connectivity index (χ0n) is 13.6. The number of hydrogen-bond acceptors (Lipinski definition) is 5. The Morgan fingerprint density at radius 3 is 2.68 bits per heavy atom. The van der Waals surface area contributed by atoms with Crippen LogP contribution in [0.3, 0.4) is 0 Å². The van der Waals surface area contributed by atoms with Gasteiger partial charge in [-0.25, -0.2) is 4.98 Å². The molecule has 0 aliphatic rings. The van der Waals surface area contributed by atoms with Crippen LogP contribution in [-0.4, -0.2) is 23.3 Å². The second-order valence-electron chi connectivity index (χ2n) is 5.44. The number of aryl methyl sites for hydroxylation is 1. The van der Waals surface area contributed by atoms with E-state index in [0.717, 1.165) is 10.6 Å². The minimum Gasteiger partial charge on any atom is -0.467 e. The van der Waals surface area contributed by atoms with Crippen LogP contribution in [0.25, 0.3) is 10.6 Å². The number of hydrogen-bond donors (Lipinski definition) is 2. The lowest BCUT2D eigenvalue weighted by atomic mass is 10.2. The van der Waals surface area contributed by atoms with Crippen LogP contribution in [0.15, 0.2) is 52.5 Å². The Morgan fingerprint density at radius 2 is 1.96 bits per heavy atom. The molecule has 1 aromatic carbocycles. The van der Waals surface area contributed by atoms with Crippen molar-refractivity contribution >= 4 is 23.2 Å². The van der Waals surface area contributed by atoms with Crippen molar-refractivity contribution in [2.45, 2.75) is 13.5 Å². The van der Waals surface area contributed by atoms with E-state index in [0.29, 0.717) is 11.5 Å². The summed E-state index contributed by atoms with van der Waals surface area (Å²) in [5, 5.41) is 7.68. The molecule has 128 valence electrons. The zero-order valence-corrected chi connectivity index (χ0v) is 14.4. The number of rotatable bonds is 6. The van der Waals surface area contributed by atoms with E-state index in [-0.39, 0.29) is 24.9 Å². The number of carbonyl (C=O) groups is 2. The first kappa shape index (κ1) is 16.9. The smallest absolute Gasteiger partial charge is 0.271 e. The SMILES string of the molecule is Cc1ccc(-c2nc(C(=O)NCC(=O)NCc3ccco3)cs2)cc1. The van der Waals surface area contributed by atoms with Crippen molar-refractivity contribution in [3.63, 3.8) is 0 Å². The van der Waals surface area contributed by atoms with Gasteiger partial charge in [-0.05, 0) is 19.1 Å². The minimum absolute atomic E-state index is 0.114. The molecule has 0 aliphatic heterocycles. The van der Waals surface area contributed by atoms with Crippen molar-refractivity contribution in [1.82, 2.24) is 15.6 Å². The molecule has 7 heteroatoms. The lowest BCUT2D eigenvalue weighted by Crippen LogP contribution is -2.36. The van der Waals surface area contributed by atoms with Gasteiger partial charge in [0, 0.05) is 10.9 Å². The molecule has 2 aromatic heterocycles. The van der Waals surface area contributed by atoms with Crippen molar-refractivity contribution in [3.8, 4) is 10.6 Å². The highest BCUT2D eigenvalue weighted by atomic mass is 32.1. The number of thiazole rings is 1. The highest BCUT2D eigenvalue weighted by Crippen LogP contribution is 2.23. The Bertz CT molecular complexity index is 854. The predicted molar refractivity (Wildman–Crippen MR) is 95.2 cm³/mol. The normalized spacial score (nSPS) is 10.4. The Balaban J connectivity index is 1.51. The summed E-state index contributed by atoms with van der Waals surface area (Å²) in [4.78, 5) is 28.2. The summed E-state index contributed by atoms with van der Waals surface area (Å²) in [6, 6.07) is 11.5. The molecular formula is C18H17N3O3S. The third kappa shape index (κ3) is 4.54. The highest BCUT2D eigenvalue weighted by molar-refractivity contribution is 7.13. The second kappa shape index (κ2) is 7.76. The van der Waals surface area contributed by atoms with Crippen LogP contribution in [0.2, 0.25) is 0 Å². The molecule has 0 fully saturated rings. The van der Waals surface area contributed by atoms with Gasteiger partial charge in [0.05, 0.1) is 19.4 Å². The fourth-order valence-corrected chi connectivity index (χ4v) is 2.93. The molecule has 6 nitrogen and oxygen atoms in total. The summed E-state index contributed by atoms with van der Waals surface area (Å²) in [5.74, 6) is -0.0107. The number of carbonyl (C=O) groups excluding carboxylic acids is 2. The summed E-state index contributed by atoms with van der Waals surface area (Å²) >= 11 is 1.39. The number of nitrogens with zero attached hydrogens (tertiary/aromatic N) is 1. The fraction of sp³-hybridized carbons (Fsp3) is 0.167. The van der Waals surface area contributed by atoms with Gasteiger partial charge in [-0.15, -0.1) is 11.3 Å². The summed E-state index contributed by atoms with van der Waals surface area (Å²) in [7, 11) is 0. The molecule has 0 saturated heterocycles. The topological polar surface area (TPSA) is 84.2 Å². The molecular weight excluding hydrogens is 338 g/mol. The number of furan rings is 1. The van der Waals surface area contributed by atoms with Crippen LogP contribution in [0.5, 0.6) is 0 Å². The van der Waals surface area contributed by atoms with Crippen molar-refractivity contribution in [3.05, 3.63) is 65.1 Å². The summed E-state index contributed by atoms with van der Waals surface area (Å²) in [5.41, 5.74) is 2.43. The summed E-state index contributed by atoms with van der Waals surface area (Å²) in [6.45, 7) is 2.19. The van der Waals surface area contributed by atoms with Crippen molar-refractivity contribution < 1.29 is 14.0 Å². The maximum Gasteiger partial charge on any atom is 0.271 e. The van der Waals surface area contributed by atoms with Crippen molar-refractivity contribution in [2.24, 2.45) is 0 Å². The lowest BCUT2D eigenvalue weighted by Gasteiger charge is -2.04. The van der Waals surface area contributed by atoms with Crippen LogP contribution < -0.4 is 10.6 Å².